The number of aliphatic imine (C=N–C) groups is 1. The molecule has 0 N–H and O–H groups in total. The lowest BCUT2D eigenvalue weighted by Crippen LogP contribution is -2.34. The van der Waals surface area contributed by atoms with Crippen molar-refractivity contribution in [2.75, 3.05) is 13.7 Å². The fourth-order valence-electron chi connectivity index (χ4n) is 1.14. The van der Waals surface area contributed by atoms with Gasteiger partial charge in [-0.1, -0.05) is 0 Å². The summed E-state index contributed by atoms with van der Waals surface area (Å²) in [6.07, 6.45) is 0. The van der Waals surface area contributed by atoms with Gasteiger partial charge in [-0.15, -0.1) is 0 Å². The lowest BCUT2D eigenvalue weighted by Gasteiger charge is -2.05. The van der Waals surface area contributed by atoms with Crippen LogP contribution in [-0.4, -0.2) is 24.7 Å². The summed E-state index contributed by atoms with van der Waals surface area (Å²) >= 11 is 0. The van der Waals surface area contributed by atoms with Gasteiger partial charge in [0.1, 0.15) is 5.69 Å². The third-order valence-corrected chi connectivity index (χ3v) is 1.95. The van der Waals surface area contributed by atoms with Crippen LogP contribution in [0.2, 0.25) is 0 Å². The Labute approximate surface area is 94.1 Å². The molecule has 0 aliphatic rings. The third kappa shape index (κ3) is 2.82. The standard InChI is InChI=1S/C10H15N3O3/c1-5-16-8(3)11-9-6-10(15-4)12-13(14)7(9)2/h6H,5H2,1-4H3. The van der Waals surface area contributed by atoms with E-state index in [0.717, 1.165) is 0 Å². The minimum absolute atomic E-state index is 0.226. The molecule has 0 unspecified atom stereocenters. The SMILES string of the molecule is CCOC(C)=Nc1cc(OC)n[n+]([O-])c1C. The number of hydrogen-bond donors (Lipinski definition) is 0. The van der Waals surface area contributed by atoms with Crippen LogP contribution in [0, 0.1) is 12.1 Å². The van der Waals surface area contributed by atoms with Crippen LogP contribution in [0.25, 0.3) is 0 Å². The Hall–Kier alpha value is -1.85. The number of ether oxygens (including phenoxy) is 2. The van der Waals surface area contributed by atoms with Crippen LogP contribution in [0.1, 0.15) is 19.5 Å². The van der Waals surface area contributed by atoms with Crippen molar-refractivity contribution in [1.29, 1.82) is 0 Å². The van der Waals surface area contributed by atoms with Gasteiger partial charge >= 0.3 is 0 Å². The number of methoxy groups -OCH3 is 1. The Morgan fingerprint density at radius 2 is 2.31 bits per heavy atom. The van der Waals surface area contributed by atoms with Crippen molar-refractivity contribution in [3.05, 3.63) is 17.0 Å². The second-order valence-electron chi connectivity index (χ2n) is 3.09. The Bertz CT molecular complexity index is 405. The van der Waals surface area contributed by atoms with Crippen molar-refractivity contribution >= 4 is 11.6 Å². The van der Waals surface area contributed by atoms with Crippen molar-refractivity contribution in [2.45, 2.75) is 20.8 Å². The smallest absolute Gasteiger partial charge is 0.282 e. The van der Waals surface area contributed by atoms with E-state index in [2.05, 4.69) is 10.1 Å². The van der Waals surface area contributed by atoms with Crippen molar-refractivity contribution in [3.8, 4) is 5.88 Å². The molecule has 0 aliphatic heterocycles. The predicted molar refractivity (Wildman–Crippen MR) is 58.9 cm³/mol. The van der Waals surface area contributed by atoms with Crippen LogP contribution < -0.4 is 9.58 Å². The third-order valence-electron chi connectivity index (χ3n) is 1.95. The largest absolute Gasteiger partial charge is 0.594 e. The fraction of sp³-hybridized carbons (Fsp3) is 0.500. The molecule has 1 rings (SSSR count). The molecule has 1 aromatic rings. The minimum Gasteiger partial charge on any atom is -0.594 e. The van der Waals surface area contributed by atoms with Gasteiger partial charge in [-0.25, -0.2) is 4.99 Å². The van der Waals surface area contributed by atoms with E-state index >= 15 is 0 Å². The second kappa shape index (κ2) is 5.29. The molecule has 88 valence electrons. The lowest BCUT2D eigenvalue weighted by atomic mass is 10.3. The summed E-state index contributed by atoms with van der Waals surface area (Å²) in [5, 5.41) is 15.0. The zero-order chi connectivity index (χ0) is 12.1. The quantitative estimate of drug-likeness (QED) is 0.334. The molecule has 16 heavy (non-hydrogen) atoms. The summed E-state index contributed by atoms with van der Waals surface area (Å²) in [4.78, 5) is 4.65. The number of rotatable bonds is 3. The summed E-state index contributed by atoms with van der Waals surface area (Å²) < 4.78 is 10.1. The Kier molecular flexibility index (Phi) is 4.04. The first kappa shape index (κ1) is 12.2. The van der Waals surface area contributed by atoms with Crippen molar-refractivity contribution in [3.63, 3.8) is 0 Å². The van der Waals surface area contributed by atoms with E-state index in [1.807, 2.05) is 6.92 Å². The zero-order valence-corrected chi connectivity index (χ0v) is 9.85. The molecule has 6 heteroatoms. The van der Waals surface area contributed by atoms with E-state index in [0.29, 0.717) is 28.7 Å². The highest BCUT2D eigenvalue weighted by molar-refractivity contribution is 5.76. The first-order valence-corrected chi connectivity index (χ1v) is 4.92. The highest BCUT2D eigenvalue weighted by Crippen LogP contribution is 2.19. The van der Waals surface area contributed by atoms with Gasteiger partial charge in [0.15, 0.2) is 5.90 Å². The van der Waals surface area contributed by atoms with Gasteiger partial charge < -0.3 is 14.7 Å². The van der Waals surface area contributed by atoms with E-state index < -0.39 is 0 Å². The van der Waals surface area contributed by atoms with Gasteiger partial charge in [0, 0.05) is 19.9 Å². The topological polar surface area (TPSA) is 70.7 Å². The van der Waals surface area contributed by atoms with Gasteiger partial charge in [0.25, 0.3) is 5.88 Å². The molecule has 0 aliphatic carbocycles. The van der Waals surface area contributed by atoms with Gasteiger partial charge in [-0.3, -0.25) is 0 Å². The fourth-order valence-corrected chi connectivity index (χ4v) is 1.14. The maximum atomic E-state index is 11.4. The Balaban J connectivity index is 3.12. The van der Waals surface area contributed by atoms with Gasteiger partial charge in [-0.2, -0.15) is 0 Å². The van der Waals surface area contributed by atoms with Crippen LogP contribution in [0.4, 0.5) is 5.69 Å². The monoisotopic (exact) mass is 225 g/mol. The van der Waals surface area contributed by atoms with E-state index in [1.54, 1.807) is 19.9 Å². The first-order valence-electron chi connectivity index (χ1n) is 4.92. The van der Waals surface area contributed by atoms with Crippen molar-refractivity contribution in [1.82, 2.24) is 5.10 Å². The lowest BCUT2D eigenvalue weighted by molar-refractivity contribution is -0.675. The summed E-state index contributed by atoms with van der Waals surface area (Å²) in [5.41, 5.74) is 0.896. The second-order valence-corrected chi connectivity index (χ2v) is 3.09. The number of nitrogens with zero attached hydrogens (tertiary/aromatic N) is 3. The molecule has 0 saturated heterocycles. The van der Waals surface area contributed by atoms with E-state index in [9.17, 15) is 5.21 Å². The average molecular weight is 225 g/mol. The molecule has 0 saturated carbocycles. The maximum Gasteiger partial charge on any atom is 0.282 e. The van der Waals surface area contributed by atoms with Crippen LogP contribution in [-0.2, 0) is 4.74 Å². The van der Waals surface area contributed by atoms with Crippen molar-refractivity contribution in [2.24, 2.45) is 4.99 Å². The molecule has 0 atom stereocenters. The Morgan fingerprint density at radius 1 is 1.62 bits per heavy atom. The summed E-state index contributed by atoms with van der Waals surface area (Å²) in [6, 6.07) is 1.59. The maximum absolute atomic E-state index is 11.4. The van der Waals surface area contributed by atoms with Crippen LogP contribution in [0.5, 0.6) is 5.88 Å². The van der Waals surface area contributed by atoms with E-state index in [4.69, 9.17) is 9.47 Å². The molecule has 1 aromatic heterocycles. The Morgan fingerprint density at radius 3 is 2.88 bits per heavy atom. The van der Waals surface area contributed by atoms with Crippen LogP contribution in [0.3, 0.4) is 0 Å². The normalized spacial score (nSPS) is 11.4. The zero-order valence-electron chi connectivity index (χ0n) is 9.85. The molecule has 6 nitrogen and oxygen atoms in total. The summed E-state index contributed by atoms with van der Waals surface area (Å²) in [6.45, 7) is 5.77. The van der Waals surface area contributed by atoms with Gasteiger partial charge in [-0.05, 0) is 11.8 Å². The molecular weight excluding hydrogens is 210 g/mol. The molecular formula is C10H15N3O3. The molecule has 0 aromatic carbocycles. The average Bonchev–Trinajstić information content (AvgIpc) is 2.24. The van der Waals surface area contributed by atoms with E-state index in [1.165, 1.54) is 7.11 Å². The predicted octanol–water partition coefficient (Wildman–Crippen LogP) is 1.12. The molecule has 0 bridgehead atoms. The number of aromatic nitrogens is 2. The number of hydrogen-bond acceptors (Lipinski definition) is 5. The summed E-state index contributed by atoms with van der Waals surface area (Å²) in [7, 11) is 1.45. The highest BCUT2D eigenvalue weighted by Gasteiger charge is 2.12. The first-order chi connectivity index (χ1) is 7.58. The molecule has 0 fully saturated rings. The van der Waals surface area contributed by atoms with E-state index in [-0.39, 0.29) is 5.88 Å². The minimum atomic E-state index is 0.226. The molecule has 0 radical (unpaired) electrons. The molecule has 0 amide bonds. The highest BCUT2D eigenvalue weighted by atomic mass is 16.5. The molecule has 0 spiro atoms. The molecule has 1 heterocycles. The van der Waals surface area contributed by atoms with Gasteiger partial charge in [0.2, 0.25) is 5.69 Å². The van der Waals surface area contributed by atoms with Crippen LogP contribution in [0.15, 0.2) is 11.1 Å². The van der Waals surface area contributed by atoms with Gasteiger partial charge in [0.05, 0.1) is 18.8 Å². The summed E-state index contributed by atoms with van der Waals surface area (Å²) in [5.74, 6) is 0.725. The van der Waals surface area contributed by atoms with Crippen LogP contribution >= 0.6 is 0 Å². The van der Waals surface area contributed by atoms with Crippen molar-refractivity contribution < 1.29 is 14.3 Å².